The van der Waals surface area contributed by atoms with Crippen molar-refractivity contribution >= 4 is 7.92 Å². The van der Waals surface area contributed by atoms with Gasteiger partial charge in [0.25, 0.3) is 0 Å². The van der Waals surface area contributed by atoms with E-state index in [0.717, 1.165) is 11.3 Å². The van der Waals surface area contributed by atoms with E-state index in [1.165, 1.54) is 19.1 Å². The first-order chi connectivity index (χ1) is 7.53. The van der Waals surface area contributed by atoms with Gasteiger partial charge in [-0.3, -0.25) is 4.90 Å². The van der Waals surface area contributed by atoms with E-state index in [9.17, 15) is 0 Å². The van der Waals surface area contributed by atoms with Gasteiger partial charge in [-0.2, -0.15) is 0 Å². The topological polar surface area (TPSA) is 3.24 Å². The zero-order valence-electron chi connectivity index (χ0n) is 13.2. The van der Waals surface area contributed by atoms with Crippen molar-refractivity contribution in [3.05, 3.63) is 0 Å². The van der Waals surface area contributed by atoms with Crippen molar-refractivity contribution in [2.45, 2.75) is 90.6 Å². The predicted octanol–water partition coefficient (Wildman–Crippen LogP) is 4.90. The van der Waals surface area contributed by atoms with E-state index < -0.39 is 0 Å². The van der Waals surface area contributed by atoms with Crippen molar-refractivity contribution in [2.24, 2.45) is 0 Å². The lowest BCUT2D eigenvalue weighted by Crippen LogP contribution is -2.52. The van der Waals surface area contributed by atoms with Crippen LogP contribution in [0.3, 0.4) is 0 Å². The molecular weight excluding hydrogens is 225 g/mol. The predicted molar refractivity (Wildman–Crippen MR) is 81.3 cm³/mol. The van der Waals surface area contributed by atoms with Crippen molar-refractivity contribution in [3.63, 3.8) is 0 Å². The molecule has 0 spiro atoms. The Hall–Kier alpha value is 0.390. The molecule has 0 unspecified atom stereocenters. The van der Waals surface area contributed by atoms with Gasteiger partial charge in [-0.15, -0.1) is 0 Å². The van der Waals surface area contributed by atoms with Crippen LogP contribution < -0.4 is 0 Å². The summed E-state index contributed by atoms with van der Waals surface area (Å²) in [6.07, 6.45) is 4.23. The molecule has 1 fully saturated rings. The van der Waals surface area contributed by atoms with Crippen molar-refractivity contribution in [1.29, 1.82) is 0 Å². The third-order valence-electron chi connectivity index (χ3n) is 4.06. The molecule has 0 amide bonds. The standard InChI is InChI=1S/C15H32NP/c1-12-9-10-13(2)17(12)11-16(14(3,4)5)15(6,7)8/h12-13H,9-11H2,1-8H3/t12-,13-/m1/s1. The van der Waals surface area contributed by atoms with Gasteiger partial charge in [0.2, 0.25) is 0 Å². The second-order valence-corrected chi connectivity index (χ2v) is 10.8. The van der Waals surface area contributed by atoms with Crippen LogP contribution in [0.1, 0.15) is 68.2 Å². The van der Waals surface area contributed by atoms with Crippen LogP contribution in [-0.2, 0) is 0 Å². The molecule has 0 bridgehead atoms. The third-order valence-corrected chi connectivity index (χ3v) is 7.45. The van der Waals surface area contributed by atoms with Crippen LogP contribution in [0, 0.1) is 0 Å². The van der Waals surface area contributed by atoms with Gasteiger partial charge in [0.15, 0.2) is 0 Å². The number of hydrogen-bond acceptors (Lipinski definition) is 1. The van der Waals surface area contributed by atoms with Crippen LogP contribution in [0.25, 0.3) is 0 Å². The van der Waals surface area contributed by atoms with E-state index in [1.807, 2.05) is 0 Å². The van der Waals surface area contributed by atoms with E-state index in [0.29, 0.717) is 0 Å². The maximum atomic E-state index is 2.73. The highest BCUT2D eigenvalue weighted by atomic mass is 31.1. The van der Waals surface area contributed by atoms with E-state index in [-0.39, 0.29) is 19.0 Å². The number of rotatable bonds is 2. The lowest BCUT2D eigenvalue weighted by Gasteiger charge is -2.47. The first-order valence-corrected chi connectivity index (χ1v) is 8.73. The molecule has 1 saturated heterocycles. The van der Waals surface area contributed by atoms with Gasteiger partial charge in [0.1, 0.15) is 0 Å². The summed E-state index contributed by atoms with van der Waals surface area (Å²) >= 11 is 0. The zero-order chi connectivity index (χ0) is 13.4. The monoisotopic (exact) mass is 257 g/mol. The molecule has 0 aromatic carbocycles. The highest BCUT2D eigenvalue weighted by Gasteiger charge is 2.37. The molecule has 0 aromatic heterocycles. The Balaban J connectivity index is 2.80. The Bertz CT molecular complexity index is 225. The molecule has 1 rings (SSSR count). The fourth-order valence-corrected chi connectivity index (χ4v) is 6.68. The lowest BCUT2D eigenvalue weighted by molar-refractivity contribution is 0.0603. The van der Waals surface area contributed by atoms with Crippen LogP contribution in [0.2, 0.25) is 0 Å². The van der Waals surface area contributed by atoms with E-state index in [4.69, 9.17) is 0 Å². The molecule has 1 aliphatic rings. The van der Waals surface area contributed by atoms with Crippen molar-refractivity contribution in [1.82, 2.24) is 4.90 Å². The molecule has 0 saturated carbocycles. The summed E-state index contributed by atoms with van der Waals surface area (Å²) in [5.41, 5.74) is 2.49. The van der Waals surface area contributed by atoms with Gasteiger partial charge in [-0.25, -0.2) is 0 Å². The Labute approximate surface area is 110 Å². The summed E-state index contributed by atoms with van der Waals surface area (Å²) in [6.45, 7) is 19.1. The fraction of sp³-hybridized carbons (Fsp3) is 1.00. The molecule has 2 heteroatoms. The Morgan fingerprint density at radius 3 is 1.53 bits per heavy atom. The minimum atomic E-state index is 0.190. The molecule has 1 nitrogen and oxygen atoms in total. The van der Waals surface area contributed by atoms with Gasteiger partial charge in [0, 0.05) is 17.4 Å². The van der Waals surface area contributed by atoms with Crippen LogP contribution in [0.5, 0.6) is 0 Å². The summed E-state index contributed by atoms with van der Waals surface area (Å²) in [4.78, 5) is 2.73. The smallest absolute Gasteiger partial charge is 0.0199 e. The normalized spacial score (nSPS) is 28.1. The first-order valence-electron chi connectivity index (χ1n) is 7.07. The van der Waals surface area contributed by atoms with Gasteiger partial charge < -0.3 is 0 Å². The van der Waals surface area contributed by atoms with E-state index in [2.05, 4.69) is 60.3 Å². The zero-order valence-corrected chi connectivity index (χ0v) is 14.1. The number of nitrogens with zero attached hydrogens (tertiary/aromatic N) is 1. The summed E-state index contributed by atoms with van der Waals surface area (Å²) in [6, 6.07) is 0. The summed E-state index contributed by atoms with van der Waals surface area (Å²) in [7, 11) is 0.190. The van der Waals surface area contributed by atoms with Crippen molar-refractivity contribution in [3.8, 4) is 0 Å². The van der Waals surface area contributed by atoms with E-state index in [1.54, 1.807) is 0 Å². The van der Waals surface area contributed by atoms with Crippen molar-refractivity contribution < 1.29 is 0 Å². The molecule has 0 aromatic rings. The van der Waals surface area contributed by atoms with Crippen molar-refractivity contribution in [2.75, 3.05) is 6.29 Å². The second-order valence-electron chi connectivity index (χ2n) is 7.70. The highest BCUT2D eigenvalue weighted by Crippen LogP contribution is 2.56. The average Bonchev–Trinajstić information content (AvgIpc) is 2.39. The third kappa shape index (κ3) is 3.93. The Morgan fingerprint density at radius 2 is 1.24 bits per heavy atom. The van der Waals surface area contributed by atoms with Crippen LogP contribution in [0.15, 0.2) is 0 Å². The number of hydrogen-bond donors (Lipinski definition) is 0. The SMILES string of the molecule is C[C@@H]1CC[C@@H](C)P1CN(C(C)(C)C)C(C)(C)C. The lowest BCUT2D eigenvalue weighted by atomic mass is 9.97. The Morgan fingerprint density at radius 1 is 0.882 bits per heavy atom. The van der Waals surface area contributed by atoms with Crippen LogP contribution >= 0.6 is 7.92 Å². The molecule has 1 heterocycles. The van der Waals surface area contributed by atoms with E-state index >= 15 is 0 Å². The largest absolute Gasteiger partial charge is 0.290 e. The molecule has 17 heavy (non-hydrogen) atoms. The summed E-state index contributed by atoms with van der Waals surface area (Å²) < 4.78 is 0. The molecule has 2 atom stereocenters. The molecule has 0 radical (unpaired) electrons. The summed E-state index contributed by atoms with van der Waals surface area (Å²) in [5.74, 6) is 0. The minimum absolute atomic E-state index is 0.190. The van der Waals surface area contributed by atoms with Crippen LogP contribution in [0.4, 0.5) is 0 Å². The van der Waals surface area contributed by atoms with Crippen LogP contribution in [-0.4, -0.2) is 33.6 Å². The second kappa shape index (κ2) is 5.17. The minimum Gasteiger partial charge on any atom is -0.290 e. The van der Waals surface area contributed by atoms with Gasteiger partial charge in [-0.1, -0.05) is 21.8 Å². The fourth-order valence-electron chi connectivity index (χ4n) is 3.12. The maximum Gasteiger partial charge on any atom is 0.0199 e. The maximum absolute atomic E-state index is 2.73. The molecule has 0 aliphatic carbocycles. The van der Waals surface area contributed by atoms with Gasteiger partial charge in [-0.05, 0) is 65.7 Å². The summed E-state index contributed by atoms with van der Waals surface area (Å²) in [5, 5.41) is 0. The van der Waals surface area contributed by atoms with Gasteiger partial charge in [0.05, 0.1) is 0 Å². The van der Waals surface area contributed by atoms with Gasteiger partial charge >= 0.3 is 0 Å². The Kier molecular flexibility index (Phi) is 4.70. The quantitative estimate of drug-likeness (QED) is 0.636. The molecule has 0 N–H and O–H groups in total. The molecular formula is C15H32NP. The first kappa shape index (κ1) is 15.4. The molecule has 102 valence electrons. The molecule has 1 aliphatic heterocycles. The highest BCUT2D eigenvalue weighted by molar-refractivity contribution is 7.59. The average molecular weight is 257 g/mol.